The molecule has 0 saturated heterocycles. The van der Waals surface area contributed by atoms with Gasteiger partial charge >= 0.3 is 0 Å². The van der Waals surface area contributed by atoms with E-state index in [1.54, 1.807) is 42.5 Å². The molecule has 0 aliphatic carbocycles. The van der Waals surface area contributed by atoms with Gasteiger partial charge in [0.1, 0.15) is 11.5 Å². The van der Waals surface area contributed by atoms with E-state index >= 15 is 0 Å². The van der Waals surface area contributed by atoms with Crippen LogP contribution in [0.3, 0.4) is 0 Å². The topological polar surface area (TPSA) is 47.6 Å². The molecule has 126 valence electrons. The van der Waals surface area contributed by atoms with Crippen LogP contribution in [0.4, 0.5) is 5.69 Å². The number of carbonyl (C=O) groups excluding carboxylic acids is 1. The number of ether oxygens (including phenoxy) is 2. The summed E-state index contributed by atoms with van der Waals surface area (Å²) in [5.74, 6) is 1.24. The Morgan fingerprint density at radius 1 is 0.840 bits per heavy atom. The van der Waals surface area contributed by atoms with Crippen LogP contribution in [0.1, 0.15) is 10.4 Å². The summed E-state index contributed by atoms with van der Waals surface area (Å²) in [6.45, 7) is 0. The van der Waals surface area contributed by atoms with Gasteiger partial charge in [-0.15, -0.1) is 0 Å². The number of para-hydroxylation sites is 4. The number of amides is 1. The maximum absolute atomic E-state index is 12.6. The summed E-state index contributed by atoms with van der Waals surface area (Å²) >= 11 is 6.14. The van der Waals surface area contributed by atoms with Crippen molar-refractivity contribution in [2.45, 2.75) is 0 Å². The van der Waals surface area contributed by atoms with Crippen molar-refractivity contribution in [3.63, 3.8) is 0 Å². The number of halogens is 1. The highest BCUT2D eigenvalue weighted by atomic mass is 35.5. The molecule has 4 nitrogen and oxygen atoms in total. The van der Waals surface area contributed by atoms with E-state index in [2.05, 4.69) is 5.32 Å². The van der Waals surface area contributed by atoms with Crippen molar-refractivity contribution in [2.75, 3.05) is 12.4 Å². The predicted molar refractivity (Wildman–Crippen MR) is 98.9 cm³/mol. The molecule has 5 heteroatoms. The highest BCUT2D eigenvalue weighted by Crippen LogP contribution is 2.33. The number of benzene rings is 3. The van der Waals surface area contributed by atoms with Crippen LogP contribution in [-0.2, 0) is 0 Å². The Morgan fingerprint density at radius 3 is 2.16 bits per heavy atom. The molecule has 0 atom stereocenters. The summed E-state index contributed by atoms with van der Waals surface area (Å²) in [7, 11) is 1.53. The zero-order valence-electron chi connectivity index (χ0n) is 13.5. The fourth-order valence-electron chi connectivity index (χ4n) is 2.33. The number of nitrogens with one attached hydrogen (secondary N) is 1. The summed E-state index contributed by atoms with van der Waals surface area (Å²) < 4.78 is 11.1. The van der Waals surface area contributed by atoms with Gasteiger partial charge in [0, 0.05) is 0 Å². The molecule has 1 amide bonds. The summed E-state index contributed by atoms with van der Waals surface area (Å²) in [4.78, 5) is 12.6. The van der Waals surface area contributed by atoms with Crippen molar-refractivity contribution in [2.24, 2.45) is 0 Å². The molecule has 0 saturated carbocycles. The lowest BCUT2D eigenvalue weighted by atomic mass is 10.2. The first-order valence-corrected chi connectivity index (χ1v) is 8.02. The molecule has 0 unspecified atom stereocenters. The summed E-state index contributed by atoms with van der Waals surface area (Å²) in [6.07, 6.45) is 0. The van der Waals surface area contributed by atoms with Gasteiger partial charge in [0.25, 0.3) is 5.91 Å². The quantitative estimate of drug-likeness (QED) is 0.668. The van der Waals surface area contributed by atoms with E-state index in [4.69, 9.17) is 21.1 Å². The zero-order valence-corrected chi connectivity index (χ0v) is 14.3. The van der Waals surface area contributed by atoms with Gasteiger partial charge < -0.3 is 14.8 Å². The molecule has 0 spiro atoms. The molecule has 3 aromatic carbocycles. The van der Waals surface area contributed by atoms with Crippen LogP contribution < -0.4 is 14.8 Å². The van der Waals surface area contributed by atoms with Crippen LogP contribution in [-0.4, -0.2) is 13.0 Å². The number of carbonyl (C=O) groups is 1. The lowest BCUT2D eigenvalue weighted by molar-refractivity contribution is 0.102. The minimum absolute atomic E-state index is 0.285. The minimum Gasteiger partial charge on any atom is -0.496 e. The van der Waals surface area contributed by atoms with Crippen LogP contribution in [0.15, 0.2) is 72.8 Å². The number of hydrogen-bond donors (Lipinski definition) is 1. The molecule has 0 heterocycles. The number of methoxy groups -OCH3 is 1. The molecule has 0 fully saturated rings. The number of anilines is 1. The summed E-state index contributed by atoms with van der Waals surface area (Å²) in [5.41, 5.74) is 0.982. The standard InChI is InChI=1S/C20H16ClNO3/c1-24-17-11-5-2-8-14(17)20(23)22-16-10-4-7-13-19(16)25-18-12-6-3-9-15(18)21/h2-13H,1H3,(H,22,23). The number of rotatable bonds is 5. The van der Waals surface area contributed by atoms with E-state index < -0.39 is 0 Å². The smallest absolute Gasteiger partial charge is 0.259 e. The Balaban J connectivity index is 1.86. The second-order valence-corrected chi connectivity index (χ2v) is 5.59. The lowest BCUT2D eigenvalue weighted by Gasteiger charge is -2.14. The second-order valence-electron chi connectivity index (χ2n) is 5.18. The van der Waals surface area contributed by atoms with E-state index in [0.717, 1.165) is 0 Å². The fraction of sp³-hybridized carbons (Fsp3) is 0.0500. The van der Waals surface area contributed by atoms with Crippen molar-refractivity contribution < 1.29 is 14.3 Å². The van der Waals surface area contributed by atoms with Crippen LogP contribution in [0.25, 0.3) is 0 Å². The lowest BCUT2D eigenvalue weighted by Crippen LogP contribution is -2.13. The van der Waals surface area contributed by atoms with Crippen LogP contribution in [0.2, 0.25) is 5.02 Å². The van der Waals surface area contributed by atoms with Gasteiger partial charge in [-0.2, -0.15) is 0 Å². The van der Waals surface area contributed by atoms with Crippen molar-refractivity contribution in [1.82, 2.24) is 0 Å². The summed E-state index contributed by atoms with van der Waals surface area (Å²) in [5, 5.41) is 3.35. The van der Waals surface area contributed by atoms with Crippen LogP contribution >= 0.6 is 11.6 Å². The Bertz CT molecular complexity index is 895. The highest BCUT2D eigenvalue weighted by molar-refractivity contribution is 6.32. The minimum atomic E-state index is -0.285. The third-order valence-corrected chi connectivity index (χ3v) is 3.86. The summed E-state index contributed by atoms with van der Waals surface area (Å²) in [6, 6.07) is 21.4. The Hall–Kier alpha value is -2.98. The maximum Gasteiger partial charge on any atom is 0.259 e. The maximum atomic E-state index is 12.6. The van der Waals surface area contributed by atoms with Crippen molar-refractivity contribution in [3.8, 4) is 17.2 Å². The van der Waals surface area contributed by atoms with E-state index in [9.17, 15) is 4.79 Å². The van der Waals surface area contributed by atoms with E-state index in [1.807, 2.05) is 30.3 Å². The first kappa shape index (κ1) is 16.9. The first-order chi connectivity index (χ1) is 12.2. The van der Waals surface area contributed by atoms with E-state index in [1.165, 1.54) is 7.11 Å². The monoisotopic (exact) mass is 353 g/mol. The third-order valence-electron chi connectivity index (χ3n) is 3.54. The van der Waals surface area contributed by atoms with Gasteiger partial charge in [-0.25, -0.2) is 0 Å². The molecule has 0 aromatic heterocycles. The average molecular weight is 354 g/mol. The number of hydrogen-bond acceptors (Lipinski definition) is 3. The predicted octanol–water partition coefficient (Wildman–Crippen LogP) is 5.39. The van der Waals surface area contributed by atoms with Crippen LogP contribution in [0.5, 0.6) is 17.2 Å². The normalized spacial score (nSPS) is 10.2. The van der Waals surface area contributed by atoms with Gasteiger partial charge in [0.15, 0.2) is 5.75 Å². The molecule has 0 aliphatic heterocycles. The van der Waals surface area contributed by atoms with Gasteiger partial charge in [-0.1, -0.05) is 48.0 Å². The molecule has 0 aliphatic rings. The molecular formula is C20H16ClNO3. The Morgan fingerprint density at radius 2 is 1.44 bits per heavy atom. The van der Waals surface area contributed by atoms with E-state index in [0.29, 0.717) is 33.5 Å². The van der Waals surface area contributed by atoms with Crippen molar-refractivity contribution in [3.05, 3.63) is 83.4 Å². The Kier molecular flexibility index (Phi) is 5.21. The molecule has 25 heavy (non-hydrogen) atoms. The largest absolute Gasteiger partial charge is 0.496 e. The molecule has 0 bridgehead atoms. The second kappa shape index (κ2) is 7.73. The van der Waals surface area contributed by atoms with Gasteiger partial charge in [-0.3, -0.25) is 4.79 Å². The Labute approximate surface area is 151 Å². The first-order valence-electron chi connectivity index (χ1n) is 7.65. The van der Waals surface area contributed by atoms with E-state index in [-0.39, 0.29) is 5.91 Å². The third kappa shape index (κ3) is 3.92. The molecule has 0 radical (unpaired) electrons. The van der Waals surface area contributed by atoms with Gasteiger partial charge in [-0.05, 0) is 36.4 Å². The van der Waals surface area contributed by atoms with Crippen LogP contribution in [0, 0.1) is 0 Å². The average Bonchev–Trinajstić information content (AvgIpc) is 2.65. The van der Waals surface area contributed by atoms with Gasteiger partial charge in [0.2, 0.25) is 0 Å². The van der Waals surface area contributed by atoms with Crippen molar-refractivity contribution >= 4 is 23.2 Å². The SMILES string of the molecule is COc1ccccc1C(=O)Nc1ccccc1Oc1ccccc1Cl. The highest BCUT2D eigenvalue weighted by Gasteiger charge is 2.14. The molecular weight excluding hydrogens is 338 g/mol. The zero-order chi connectivity index (χ0) is 17.6. The molecule has 3 rings (SSSR count). The molecule has 3 aromatic rings. The fourth-order valence-corrected chi connectivity index (χ4v) is 2.50. The molecule has 1 N–H and O–H groups in total. The van der Waals surface area contributed by atoms with Crippen molar-refractivity contribution in [1.29, 1.82) is 0 Å². The van der Waals surface area contributed by atoms with Gasteiger partial charge in [0.05, 0.1) is 23.4 Å².